The number of fused-ring (bicyclic) bond motifs is 1. The van der Waals surface area contributed by atoms with Gasteiger partial charge in [-0.25, -0.2) is 19.3 Å². The lowest BCUT2D eigenvalue weighted by molar-refractivity contribution is -0.107. The first-order chi connectivity index (χ1) is 18.3. The number of nitrogens with one attached hydrogen (secondary N) is 1. The molecule has 0 aliphatic heterocycles. The molecule has 0 saturated carbocycles. The molecule has 0 atom stereocenters. The molecule has 38 heavy (non-hydrogen) atoms. The molecule has 9 nitrogen and oxygen atoms in total. The number of ether oxygens (including phenoxy) is 1. The monoisotopic (exact) mass is 515 g/mol. The van der Waals surface area contributed by atoms with Gasteiger partial charge in [-0.05, 0) is 70.3 Å². The molecule has 1 N–H and O–H groups in total. The maximum atomic E-state index is 13.4. The average molecular weight is 516 g/mol. The minimum Gasteiger partial charge on any atom is -0.455 e. The molecular formula is C28H30FN7O2. The number of carbonyl (C=O) groups is 1. The zero-order valence-corrected chi connectivity index (χ0v) is 21.8. The maximum absolute atomic E-state index is 13.4. The fraction of sp³-hybridized carbons (Fsp3) is 0.250. The highest BCUT2D eigenvalue weighted by Gasteiger charge is 2.13. The highest BCUT2D eigenvalue weighted by atomic mass is 19.1. The van der Waals surface area contributed by atoms with E-state index in [0.717, 1.165) is 36.8 Å². The third-order valence-electron chi connectivity index (χ3n) is 5.79. The summed E-state index contributed by atoms with van der Waals surface area (Å²) < 4.78 is 19.2. The van der Waals surface area contributed by atoms with Crippen LogP contribution in [-0.4, -0.2) is 58.4 Å². The van der Waals surface area contributed by atoms with Crippen LogP contribution >= 0.6 is 0 Å². The molecule has 0 radical (unpaired) electrons. The van der Waals surface area contributed by atoms with Gasteiger partial charge in [0.15, 0.2) is 5.82 Å². The quantitative estimate of drug-likeness (QED) is 0.213. The number of anilines is 3. The van der Waals surface area contributed by atoms with E-state index in [-0.39, 0.29) is 0 Å². The number of amides is 1. The lowest BCUT2D eigenvalue weighted by atomic mass is 10.2. The molecule has 0 aliphatic carbocycles. The second kappa shape index (κ2) is 12.2. The predicted molar refractivity (Wildman–Crippen MR) is 146 cm³/mol. The number of benzene rings is 1. The van der Waals surface area contributed by atoms with Crippen molar-refractivity contribution in [3.63, 3.8) is 0 Å². The number of aryl methyl sites for hydroxylation is 1. The van der Waals surface area contributed by atoms with Crippen molar-refractivity contribution in [2.45, 2.75) is 20.3 Å². The molecule has 0 unspecified atom stereocenters. The summed E-state index contributed by atoms with van der Waals surface area (Å²) in [5, 5.41) is 3.29. The molecule has 196 valence electrons. The van der Waals surface area contributed by atoms with E-state index in [2.05, 4.69) is 38.2 Å². The van der Waals surface area contributed by atoms with Gasteiger partial charge in [-0.3, -0.25) is 14.7 Å². The summed E-state index contributed by atoms with van der Waals surface area (Å²) in [6.45, 7) is 5.31. The van der Waals surface area contributed by atoms with Crippen LogP contribution in [0.3, 0.4) is 0 Å². The number of nitrogens with zero attached hydrogens (tertiary/aromatic N) is 6. The first-order valence-corrected chi connectivity index (χ1v) is 12.1. The van der Waals surface area contributed by atoms with Gasteiger partial charge >= 0.3 is 0 Å². The number of pyridine rings is 2. The van der Waals surface area contributed by atoms with Crippen LogP contribution in [-0.2, 0) is 4.79 Å². The summed E-state index contributed by atoms with van der Waals surface area (Å²) in [5.41, 5.74) is 3.98. The van der Waals surface area contributed by atoms with Crippen LogP contribution in [0, 0.1) is 12.7 Å². The summed E-state index contributed by atoms with van der Waals surface area (Å²) in [6.07, 6.45) is 7.72. The Bertz CT molecular complexity index is 1460. The summed E-state index contributed by atoms with van der Waals surface area (Å²) in [7, 11) is 4.03. The van der Waals surface area contributed by atoms with Crippen molar-refractivity contribution in [2.75, 3.05) is 37.4 Å². The van der Waals surface area contributed by atoms with Crippen LogP contribution in [0.5, 0.6) is 11.5 Å². The summed E-state index contributed by atoms with van der Waals surface area (Å²) in [6, 6.07) is 10.4. The van der Waals surface area contributed by atoms with E-state index in [0.29, 0.717) is 40.7 Å². The van der Waals surface area contributed by atoms with E-state index in [1.165, 1.54) is 24.2 Å². The largest absolute Gasteiger partial charge is 0.455 e. The summed E-state index contributed by atoms with van der Waals surface area (Å²) in [4.78, 5) is 32.8. The van der Waals surface area contributed by atoms with Crippen LogP contribution in [0.25, 0.3) is 11.0 Å². The van der Waals surface area contributed by atoms with Crippen molar-refractivity contribution < 1.29 is 13.9 Å². The zero-order valence-electron chi connectivity index (χ0n) is 21.8. The van der Waals surface area contributed by atoms with E-state index in [4.69, 9.17) is 9.72 Å². The molecular weight excluding hydrogens is 485 g/mol. The van der Waals surface area contributed by atoms with Gasteiger partial charge < -0.3 is 15.0 Å². The molecule has 1 aromatic carbocycles. The average Bonchev–Trinajstić information content (AvgIpc) is 2.89. The standard InChI is InChI=1S/C28H30FN7O2/c1-19(9-11-35(3)4)10-12-36(18-37)26-8-6-24-27(34-26)28(32-17-31-24)33-22-5-7-25(20(2)13-22)38-23-14-21(29)15-30-16-23/h5-9,13-18H,10-12H2,1-4H3,(H,31,32,33)/b19-9-. The van der Waals surface area contributed by atoms with Crippen molar-refractivity contribution in [3.8, 4) is 11.5 Å². The van der Waals surface area contributed by atoms with Crippen molar-refractivity contribution in [3.05, 3.63) is 78.1 Å². The number of hydrogen-bond acceptors (Lipinski definition) is 8. The Morgan fingerprint density at radius 1 is 1.13 bits per heavy atom. The molecule has 0 fully saturated rings. The van der Waals surface area contributed by atoms with Gasteiger partial charge in [0, 0.05) is 24.8 Å². The molecule has 0 saturated heterocycles. The normalized spacial score (nSPS) is 11.6. The van der Waals surface area contributed by atoms with Crippen LogP contribution in [0.1, 0.15) is 18.9 Å². The molecule has 3 aromatic heterocycles. The van der Waals surface area contributed by atoms with Gasteiger partial charge in [-0.1, -0.05) is 11.6 Å². The predicted octanol–water partition coefficient (Wildman–Crippen LogP) is 5.26. The van der Waals surface area contributed by atoms with E-state index >= 15 is 0 Å². The fourth-order valence-corrected chi connectivity index (χ4v) is 3.69. The van der Waals surface area contributed by atoms with E-state index in [1.807, 2.05) is 39.2 Å². The summed E-state index contributed by atoms with van der Waals surface area (Å²) in [5.74, 6) is 1.45. The Kier molecular flexibility index (Phi) is 8.55. The van der Waals surface area contributed by atoms with Gasteiger partial charge in [0.05, 0.1) is 17.9 Å². The minimum absolute atomic E-state index is 0.315. The van der Waals surface area contributed by atoms with E-state index in [9.17, 15) is 9.18 Å². The van der Waals surface area contributed by atoms with Gasteiger partial charge in [0.1, 0.15) is 35.0 Å². The minimum atomic E-state index is -0.468. The number of likely N-dealkylation sites (N-methyl/N-ethyl adjacent to an activating group) is 1. The number of rotatable bonds is 11. The van der Waals surface area contributed by atoms with E-state index in [1.54, 1.807) is 17.0 Å². The van der Waals surface area contributed by atoms with Crippen LogP contribution in [0.2, 0.25) is 0 Å². The third kappa shape index (κ3) is 6.86. The molecule has 1 amide bonds. The first-order valence-electron chi connectivity index (χ1n) is 12.1. The van der Waals surface area contributed by atoms with Crippen molar-refractivity contribution >= 4 is 34.8 Å². The molecule has 0 aliphatic rings. The summed E-state index contributed by atoms with van der Waals surface area (Å²) >= 11 is 0. The Morgan fingerprint density at radius 2 is 1.97 bits per heavy atom. The number of aromatic nitrogens is 4. The van der Waals surface area contributed by atoms with Crippen LogP contribution in [0.4, 0.5) is 21.7 Å². The van der Waals surface area contributed by atoms with Crippen molar-refractivity contribution in [1.82, 2.24) is 24.8 Å². The molecule has 0 bridgehead atoms. The lowest BCUT2D eigenvalue weighted by Crippen LogP contribution is -2.23. The molecule has 4 aromatic rings. The van der Waals surface area contributed by atoms with Gasteiger partial charge in [-0.2, -0.15) is 0 Å². The number of halogens is 1. The number of hydrogen-bond donors (Lipinski definition) is 1. The van der Waals surface area contributed by atoms with Crippen LogP contribution < -0.4 is 15.0 Å². The van der Waals surface area contributed by atoms with Crippen molar-refractivity contribution in [1.29, 1.82) is 0 Å². The van der Waals surface area contributed by atoms with Crippen molar-refractivity contribution in [2.24, 2.45) is 0 Å². The second-order valence-corrected chi connectivity index (χ2v) is 9.17. The Hall–Kier alpha value is -4.44. The molecule has 0 spiro atoms. The zero-order chi connectivity index (χ0) is 27.1. The smallest absolute Gasteiger partial charge is 0.215 e. The molecule has 10 heteroatoms. The van der Waals surface area contributed by atoms with E-state index < -0.39 is 5.82 Å². The maximum Gasteiger partial charge on any atom is 0.215 e. The van der Waals surface area contributed by atoms with Gasteiger partial charge in [-0.15, -0.1) is 0 Å². The second-order valence-electron chi connectivity index (χ2n) is 9.17. The topological polar surface area (TPSA) is 96.4 Å². The molecule has 4 rings (SSSR count). The first kappa shape index (κ1) is 26.6. The highest BCUT2D eigenvalue weighted by Crippen LogP contribution is 2.30. The molecule has 3 heterocycles. The highest BCUT2D eigenvalue weighted by molar-refractivity contribution is 5.89. The fourth-order valence-electron chi connectivity index (χ4n) is 3.69. The van der Waals surface area contributed by atoms with Gasteiger partial charge in [0.25, 0.3) is 0 Å². The Balaban J connectivity index is 1.53. The SMILES string of the molecule is C/C(=C/CN(C)C)CCN(C=O)c1ccc2ncnc(Nc3ccc(Oc4cncc(F)c4)c(C)c3)c2n1. The Morgan fingerprint density at radius 3 is 2.71 bits per heavy atom. The van der Waals surface area contributed by atoms with Gasteiger partial charge in [0.2, 0.25) is 6.41 Å². The Labute approximate surface area is 221 Å². The third-order valence-corrected chi connectivity index (χ3v) is 5.79. The lowest BCUT2D eigenvalue weighted by Gasteiger charge is -2.18. The van der Waals surface area contributed by atoms with Crippen LogP contribution in [0.15, 0.2) is 66.8 Å². The number of carbonyl (C=O) groups excluding carboxylic acids is 1.